The van der Waals surface area contributed by atoms with Crippen molar-refractivity contribution < 1.29 is 219 Å². The maximum Gasteiger partial charge on any atom is 0.343 e. The Labute approximate surface area is 740 Å². The fourth-order valence-electron chi connectivity index (χ4n) is 12.8. The molecule has 10 aromatic carbocycles. The summed E-state index contributed by atoms with van der Waals surface area (Å²) in [6.45, 7) is -1.59. The third kappa shape index (κ3) is 20.0. The second kappa shape index (κ2) is 39.7. The van der Waals surface area contributed by atoms with E-state index in [0.717, 1.165) is 132 Å². The largest absolute Gasteiger partial charge is 0.504 e. The van der Waals surface area contributed by atoms with Gasteiger partial charge in [-0.1, -0.05) is 0 Å². The van der Waals surface area contributed by atoms with E-state index in [9.17, 15) is 105 Å². The van der Waals surface area contributed by atoms with E-state index < -0.39 is 268 Å². The number of benzene rings is 10. The fourth-order valence-corrected chi connectivity index (χ4v) is 12.8. The number of phenols is 15. The third-order valence-corrected chi connectivity index (χ3v) is 19.2. The quantitative estimate of drug-likeness (QED) is 0.00622. The second-order valence-corrected chi connectivity index (χ2v) is 27.3. The molecule has 0 radical (unpaired) electrons. The summed E-state index contributed by atoms with van der Waals surface area (Å²) in [5.74, 6) is -39.4. The molecule has 132 heavy (non-hydrogen) atoms. The van der Waals surface area contributed by atoms with Gasteiger partial charge in [0, 0.05) is 17.5 Å². The molecule has 0 amide bonds. The number of ether oxygens (including phenoxy) is 20. The van der Waals surface area contributed by atoms with Crippen LogP contribution in [0.15, 0.2) is 121 Å². The first-order valence-corrected chi connectivity index (χ1v) is 37.4. The van der Waals surface area contributed by atoms with Crippen LogP contribution in [0.25, 0.3) is 0 Å². The number of phenolic OH excluding ortho intramolecular Hbond substituents is 15. The number of hydrogen-bond acceptors (Lipinski definition) is 45. The molecule has 0 spiro atoms. The highest BCUT2D eigenvalue weighted by molar-refractivity contribution is 6.02. The highest BCUT2D eigenvalue weighted by atomic mass is 16.8. The molecule has 0 saturated carbocycles. The van der Waals surface area contributed by atoms with Gasteiger partial charge in [-0.15, -0.1) is 0 Å². The lowest BCUT2D eigenvalue weighted by atomic mass is 9.97. The van der Waals surface area contributed by atoms with E-state index >= 15 is 19.2 Å². The van der Waals surface area contributed by atoms with Crippen LogP contribution < -0.4 is 66.3 Å². The monoisotopic (exact) mass is 1840 g/mol. The Morgan fingerprint density at radius 1 is 0.242 bits per heavy atom. The van der Waals surface area contributed by atoms with Gasteiger partial charge in [-0.3, -0.25) is 4.79 Å². The lowest BCUT2D eigenvalue weighted by molar-refractivity contribution is -0.282. The van der Waals surface area contributed by atoms with Crippen molar-refractivity contribution in [2.75, 3.05) is 77.7 Å². The Bertz CT molecular complexity index is 6290. The van der Waals surface area contributed by atoms with Gasteiger partial charge in [-0.05, 0) is 121 Å². The highest BCUT2D eigenvalue weighted by Crippen LogP contribution is 2.48. The molecular formula is C87H74O45. The number of ketones is 1. The summed E-state index contributed by atoms with van der Waals surface area (Å²) < 4.78 is 109. The lowest BCUT2D eigenvalue weighted by Crippen LogP contribution is -2.63. The number of carbonyl (C=O) groups is 10. The molecule has 0 aliphatic carbocycles. The second-order valence-electron chi connectivity index (χ2n) is 27.3. The van der Waals surface area contributed by atoms with Gasteiger partial charge < -0.3 is 171 Å². The molecule has 5 atom stereocenters. The van der Waals surface area contributed by atoms with Crippen LogP contribution in [0, 0.1) is 0 Å². The summed E-state index contributed by atoms with van der Waals surface area (Å²) in [7, 11) is 11.3. The number of rotatable bonds is 32. The third-order valence-electron chi connectivity index (χ3n) is 19.2. The molecular weight excluding hydrogens is 1760 g/mol. The lowest BCUT2D eigenvalue weighted by Gasteiger charge is -2.44. The van der Waals surface area contributed by atoms with Gasteiger partial charge in [0.05, 0.1) is 121 Å². The summed E-state index contributed by atoms with van der Waals surface area (Å²) in [4.78, 5) is 146. The van der Waals surface area contributed by atoms with Gasteiger partial charge >= 0.3 is 53.7 Å². The summed E-state index contributed by atoms with van der Waals surface area (Å²) in [6, 6.07) is 14.2. The van der Waals surface area contributed by atoms with E-state index in [2.05, 4.69) is 0 Å². The highest BCUT2D eigenvalue weighted by Gasteiger charge is 2.55. The summed E-state index contributed by atoms with van der Waals surface area (Å²) >= 11 is 0. The molecule has 1 fully saturated rings. The summed E-state index contributed by atoms with van der Waals surface area (Å²) in [6.07, 6.45) is -15.4. The van der Waals surface area contributed by atoms with Crippen molar-refractivity contribution >= 4 is 59.5 Å². The van der Waals surface area contributed by atoms with Crippen molar-refractivity contribution in [1.82, 2.24) is 0 Å². The Hall–Kier alpha value is -17.9. The molecule has 0 aromatic heterocycles. The van der Waals surface area contributed by atoms with Gasteiger partial charge in [0.25, 0.3) is 0 Å². The van der Waals surface area contributed by atoms with E-state index in [1.165, 1.54) is 0 Å². The van der Waals surface area contributed by atoms with Crippen LogP contribution in [0.3, 0.4) is 0 Å². The fraction of sp³-hybridized carbons (Fsp3) is 0.195. The Morgan fingerprint density at radius 2 is 0.477 bits per heavy atom. The summed E-state index contributed by atoms with van der Waals surface area (Å²) in [5, 5.41) is 167. The number of esters is 9. The molecule has 1 aliphatic rings. The number of aromatic hydroxyl groups is 15. The SMILES string of the molecule is COc1cc(C(=O)Cc2cc(C(=O)O[C@H]3[C@H](OC(=O)c4cc(O)c(O)c(OC(=O)c5cc(O)c(OC)c(OC)c5)c4)[C@@H](OC(=O)c4cc(O)c(O)c(OC(=O)c5cc(O)c(OC)c(OC)c5)c4)[C@H](OC(=O)c4cc(O)c(O)c(OC(=O)c5cc(O)c(OC)c(OC)c5)c4)O[C@@H]3COC(=O)c3cc(O)c(O)c(OC(=O)c4cc(O)c(OC)c(OC)c4)c3)cc(O)c2O)cc(O)c1OC. The van der Waals surface area contributed by atoms with Crippen molar-refractivity contribution in [3.63, 3.8) is 0 Å². The zero-order chi connectivity index (χ0) is 96.5. The zero-order valence-electron chi connectivity index (χ0n) is 69.8. The molecule has 1 aliphatic heterocycles. The number of methoxy groups -OCH3 is 10. The van der Waals surface area contributed by atoms with Crippen LogP contribution in [0.1, 0.15) is 109 Å². The maximum atomic E-state index is 15.6. The Balaban J connectivity index is 1.10. The molecule has 45 nitrogen and oxygen atoms in total. The minimum absolute atomic E-state index is 0.193. The van der Waals surface area contributed by atoms with Gasteiger partial charge in [-0.25, -0.2) is 43.2 Å². The Kier molecular flexibility index (Phi) is 28.5. The minimum atomic E-state index is -3.00. The molecule has 692 valence electrons. The van der Waals surface area contributed by atoms with Crippen LogP contribution in [0.4, 0.5) is 0 Å². The first kappa shape index (κ1) is 94.7. The number of carbonyl (C=O) groups excluding carboxylic acids is 10. The number of Topliss-reactive ketones (excluding diaryl/α,β-unsaturated/α-hetero) is 1. The van der Waals surface area contributed by atoms with E-state index in [1.54, 1.807) is 0 Å². The normalized spacial score (nSPS) is 14.2. The first-order valence-electron chi connectivity index (χ1n) is 37.4. The molecule has 15 N–H and O–H groups in total. The van der Waals surface area contributed by atoms with Crippen molar-refractivity contribution in [3.05, 3.63) is 183 Å². The van der Waals surface area contributed by atoms with Gasteiger partial charge in [0.1, 0.15) is 12.7 Å². The molecule has 10 aromatic rings. The molecule has 1 heterocycles. The standard InChI is InChI=1S/C87H74O45/c1-113-59-23-33(12-50(94)70(59)118-6)44(88)13-34-11-35(14-45(89)65(34)99)83(109)129-75-64(32-123-78(104)36-15-46(90)66(100)55(24-36)124-79(105)40-19-51(95)71(119-7)60(28-40)114-2)128-87(132-86(112)39-18-49(93)69(103)58(27-39)127-82(108)43-22-54(98)74(122-10)63(31-43)117-5)77(131-85(111)38-17-48(92)68(102)57(26-38)126-81(107)42-21-53(97)73(121-9)62(30-42)116-4)76(75)130-84(110)37-16-47(91)67(101)56(25-37)125-80(106)41-20-52(96)72(120-8)61(29-41)115-3/h11-12,14-31,64,75-77,87,89-103H,13,32H2,1-10H3/t64-,75-,76+,77-,87+/m1/s1. The van der Waals surface area contributed by atoms with Crippen molar-refractivity contribution in [2.45, 2.75) is 37.1 Å². The Morgan fingerprint density at radius 3 is 0.780 bits per heavy atom. The van der Waals surface area contributed by atoms with Crippen LogP contribution in [0.5, 0.6) is 167 Å². The van der Waals surface area contributed by atoms with E-state index in [1.807, 2.05) is 0 Å². The summed E-state index contributed by atoms with van der Waals surface area (Å²) in [5.41, 5.74) is -8.22. The average Bonchev–Trinajstić information content (AvgIpc) is 0.763. The minimum Gasteiger partial charge on any atom is -0.504 e. The molecule has 0 unspecified atom stereocenters. The molecule has 1 saturated heterocycles. The smallest absolute Gasteiger partial charge is 0.343 e. The zero-order valence-corrected chi connectivity index (χ0v) is 69.8. The maximum absolute atomic E-state index is 15.6. The van der Waals surface area contributed by atoms with E-state index in [4.69, 9.17) is 94.7 Å². The van der Waals surface area contributed by atoms with Gasteiger partial charge in [0.15, 0.2) is 133 Å². The molecule has 11 rings (SSSR count). The van der Waals surface area contributed by atoms with Crippen molar-refractivity contribution in [1.29, 1.82) is 0 Å². The van der Waals surface area contributed by atoms with Gasteiger partial charge in [-0.2, -0.15) is 0 Å². The predicted octanol–water partition coefficient (Wildman–Crippen LogP) is 8.07. The van der Waals surface area contributed by atoms with E-state index in [0.29, 0.717) is 60.7 Å². The van der Waals surface area contributed by atoms with Crippen molar-refractivity contribution in [2.24, 2.45) is 0 Å². The van der Waals surface area contributed by atoms with Gasteiger partial charge in [0.2, 0.25) is 64.1 Å². The number of hydrogen-bond donors (Lipinski definition) is 15. The molecule has 45 heteroatoms. The van der Waals surface area contributed by atoms with Crippen LogP contribution in [-0.2, 0) is 34.8 Å². The average molecular weight is 1840 g/mol. The van der Waals surface area contributed by atoms with Crippen molar-refractivity contribution in [3.8, 4) is 167 Å². The predicted molar refractivity (Wildman–Crippen MR) is 435 cm³/mol. The van der Waals surface area contributed by atoms with Crippen LogP contribution in [-0.4, -0.2) is 245 Å². The van der Waals surface area contributed by atoms with E-state index in [-0.39, 0.29) is 63.1 Å². The van der Waals surface area contributed by atoms with Crippen LogP contribution >= 0.6 is 0 Å². The van der Waals surface area contributed by atoms with Crippen LogP contribution in [0.2, 0.25) is 0 Å². The topological polar surface area (TPSA) is 659 Å². The first-order chi connectivity index (χ1) is 62.7. The molecule has 0 bridgehead atoms.